The van der Waals surface area contributed by atoms with Crippen LogP contribution < -0.4 is 0 Å². The van der Waals surface area contributed by atoms with E-state index in [9.17, 15) is 0 Å². The highest BCUT2D eigenvalue weighted by Crippen LogP contribution is 2.29. The summed E-state index contributed by atoms with van der Waals surface area (Å²) in [4.78, 5) is 2.27. The lowest BCUT2D eigenvalue weighted by atomic mass is 10.2. The predicted molar refractivity (Wildman–Crippen MR) is 45.0 cm³/mol. The third-order valence-corrected chi connectivity index (χ3v) is 2.07. The molecule has 1 atom stereocenters. The van der Waals surface area contributed by atoms with E-state index in [-0.39, 0.29) is 5.92 Å². The molecule has 0 N–H and O–H groups in total. The Balaban J connectivity index is 2.09. The van der Waals surface area contributed by atoms with Gasteiger partial charge < -0.3 is 4.90 Å². The number of nitriles is 1. The fourth-order valence-electron chi connectivity index (χ4n) is 1.32. The molecule has 0 spiro atoms. The standard InChI is InChI=1S/C9H16N2/c1-8(5-10)6-11(2)7-9-3-4-9/h8-9H,3-4,6-7H2,1-2H3. The van der Waals surface area contributed by atoms with Gasteiger partial charge in [-0.15, -0.1) is 0 Å². The molecule has 0 bridgehead atoms. The third-order valence-electron chi connectivity index (χ3n) is 2.07. The van der Waals surface area contributed by atoms with Crippen molar-refractivity contribution >= 4 is 0 Å². The summed E-state index contributed by atoms with van der Waals surface area (Å²) in [6, 6.07) is 2.25. The molecule has 0 aromatic carbocycles. The molecule has 0 amide bonds. The summed E-state index contributed by atoms with van der Waals surface area (Å²) in [5.74, 6) is 1.12. The Morgan fingerprint density at radius 1 is 1.64 bits per heavy atom. The zero-order chi connectivity index (χ0) is 8.27. The molecule has 1 fully saturated rings. The minimum atomic E-state index is 0.179. The monoisotopic (exact) mass is 152 g/mol. The first-order chi connectivity index (χ1) is 5.22. The molecule has 1 rings (SSSR count). The Morgan fingerprint density at radius 3 is 2.73 bits per heavy atom. The van der Waals surface area contributed by atoms with E-state index in [0.29, 0.717) is 0 Å². The molecular weight excluding hydrogens is 136 g/mol. The van der Waals surface area contributed by atoms with Crippen LogP contribution in [0.15, 0.2) is 0 Å². The maximum Gasteiger partial charge on any atom is 0.0666 e. The van der Waals surface area contributed by atoms with Crippen molar-refractivity contribution in [2.24, 2.45) is 11.8 Å². The average Bonchev–Trinajstić information content (AvgIpc) is 2.71. The van der Waals surface area contributed by atoms with E-state index in [2.05, 4.69) is 18.0 Å². The Bertz CT molecular complexity index is 155. The minimum absolute atomic E-state index is 0.179. The van der Waals surface area contributed by atoms with Crippen molar-refractivity contribution in [3.63, 3.8) is 0 Å². The lowest BCUT2D eigenvalue weighted by molar-refractivity contribution is 0.298. The number of hydrogen-bond donors (Lipinski definition) is 0. The molecule has 2 nitrogen and oxygen atoms in total. The lowest BCUT2D eigenvalue weighted by Crippen LogP contribution is -2.25. The molecule has 11 heavy (non-hydrogen) atoms. The normalized spacial score (nSPS) is 19.8. The van der Waals surface area contributed by atoms with E-state index in [1.54, 1.807) is 0 Å². The van der Waals surface area contributed by atoms with E-state index < -0.39 is 0 Å². The van der Waals surface area contributed by atoms with Crippen LogP contribution in [-0.4, -0.2) is 25.0 Å². The summed E-state index contributed by atoms with van der Waals surface area (Å²) < 4.78 is 0. The highest BCUT2D eigenvalue weighted by molar-refractivity contribution is 4.83. The fraction of sp³-hybridized carbons (Fsp3) is 0.889. The van der Waals surface area contributed by atoms with E-state index in [1.165, 1.54) is 19.4 Å². The van der Waals surface area contributed by atoms with Crippen LogP contribution in [0.4, 0.5) is 0 Å². The summed E-state index contributed by atoms with van der Waals surface area (Å²) in [5, 5.41) is 8.56. The quantitative estimate of drug-likeness (QED) is 0.610. The largest absolute Gasteiger partial charge is 0.305 e. The van der Waals surface area contributed by atoms with E-state index in [4.69, 9.17) is 5.26 Å². The van der Waals surface area contributed by atoms with Crippen LogP contribution in [0, 0.1) is 23.2 Å². The average molecular weight is 152 g/mol. The molecule has 1 saturated carbocycles. The zero-order valence-electron chi connectivity index (χ0n) is 7.38. The van der Waals surface area contributed by atoms with Crippen LogP contribution in [0.1, 0.15) is 19.8 Å². The van der Waals surface area contributed by atoms with E-state index in [0.717, 1.165) is 12.5 Å². The summed E-state index contributed by atoms with van der Waals surface area (Å²) in [7, 11) is 2.10. The third kappa shape index (κ3) is 3.38. The Labute approximate surface area is 68.8 Å². The van der Waals surface area contributed by atoms with Crippen LogP contribution in [0.25, 0.3) is 0 Å². The minimum Gasteiger partial charge on any atom is -0.305 e. The molecule has 0 heterocycles. The first kappa shape index (κ1) is 8.55. The molecule has 1 aliphatic rings. The summed E-state index contributed by atoms with van der Waals surface area (Å²) in [5.41, 5.74) is 0. The number of nitrogens with zero attached hydrogens (tertiary/aromatic N) is 2. The summed E-state index contributed by atoms with van der Waals surface area (Å²) in [6.07, 6.45) is 2.79. The lowest BCUT2D eigenvalue weighted by Gasteiger charge is -2.16. The van der Waals surface area contributed by atoms with Crippen molar-refractivity contribution in [2.45, 2.75) is 19.8 Å². The van der Waals surface area contributed by atoms with Crippen molar-refractivity contribution in [1.82, 2.24) is 4.90 Å². The predicted octanol–water partition coefficient (Wildman–Crippen LogP) is 1.49. The molecule has 0 radical (unpaired) electrons. The second kappa shape index (κ2) is 3.73. The van der Waals surface area contributed by atoms with Gasteiger partial charge in [0.1, 0.15) is 0 Å². The van der Waals surface area contributed by atoms with Gasteiger partial charge in [-0.3, -0.25) is 0 Å². The highest BCUT2D eigenvalue weighted by atomic mass is 15.1. The smallest absolute Gasteiger partial charge is 0.0666 e. The van der Waals surface area contributed by atoms with Crippen LogP contribution in [0.5, 0.6) is 0 Å². The number of hydrogen-bond acceptors (Lipinski definition) is 2. The van der Waals surface area contributed by atoms with Crippen molar-refractivity contribution in [3.05, 3.63) is 0 Å². The summed E-state index contributed by atoms with van der Waals surface area (Å²) in [6.45, 7) is 4.09. The first-order valence-corrected chi connectivity index (χ1v) is 4.30. The molecule has 0 aromatic rings. The maximum atomic E-state index is 8.56. The molecule has 2 heteroatoms. The van der Waals surface area contributed by atoms with Crippen LogP contribution in [0.2, 0.25) is 0 Å². The topological polar surface area (TPSA) is 27.0 Å². The SMILES string of the molecule is CC(C#N)CN(C)CC1CC1. The van der Waals surface area contributed by atoms with Gasteiger partial charge in [-0.1, -0.05) is 0 Å². The molecule has 0 aliphatic heterocycles. The molecule has 1 unspecified atom stereocenters. The molecule has 62 valence electrons. The molecule has 1 aliphatic carbocycles. The van der Waals surface area contributed by atoms with Gasteiger partial charge in [-0.2, -0.15) is 5.26 Å². The van der Waals surface area contributed by atoms with Gasteiger partial charge in [0.2, 0.25) is 0 Å². The van der Waals surface area contributed by atoms with E-state index in [1.807, 2.05) is 6.92 Å². The van der Waals surface area contributed by atoms with Crippen LogP contribution in [-0.2, 0) is 0 Å². The van der Waals surface area contributed by atoms with Crippen LogP contribution in [0.3, 0.4) is 0 Å². The van der Waals surface area contributed by atoms with Gasteiger partial charge in [0.25, 0.3) is 0 Å². The van der Waals surface area contributed by atoms with Gasteiger partial charge in [-0.25, -0.2) is 0 Å². The van der Waals surface area contributed by atoms with Gasteiger partial charge >= 0.3 is 0 Å². The second-order valence-corrected chi connectivity index (χ2v) is 3.69. The van der Waals surface area contributed by atoms with E-state index >= 15 is 0 Å². The van der Waals surface area contributed by atoms with Gasteiger partial charge in [0.05, 0.1) is 12.0 Å². The van der Waals surface area contributed by atoms with Crippen molar-refractivity contribution < 1.29 is 0 Å². The molecule has 0 saturated heterocycles. The van der Waals surface area contributed by atoms with Crippen molar-refractivity contribution in [2.75, 3.05) is 20.1 Å². The zero-order valence-corrected chi connectivity index (χ0v) is 7.38. The molecular formula is C9H16N2. The maximum absolute atomic E-state index is 8.56. The second-order valence-electron chi connectivity index (χ2n) is 3.69. The Morgan fingerprint density at radius 2 is 2.27 bits per heavy atom. The fourth-order valence-corrected chi connectivity index (χ4v) is 1.32. The molecule has 0 aromatic heterocycles. The van der Waals surface area contributed by atoms with Gasteiger partial charge in [0, 0.05) is 13.1 Å². The van der Waals surface area contributed by atoms with Crippen LogP contribution >= 0.6 is 0 Å². The number of rotatable bonds is 4. The van der Waals surface area contributed by atoms with Gasteiger partial charge in [-0.05, 0) is 32.7 Å². The Kier molecular flexibility index (Phi) is 2.90. The Hall–Kier alpha value is -0.550. The first-order valence-electron chi connectivity index (χ1n) is 4.30. The highest BCUT2D eigenvalue weighted by Gasteiger charge is 2.22. The van der Waals surface area contributed by atoms with Crippen molar-refractivity contribution in [3.8, 4) is 6.07 Å². The van der Waals surface area contributed by atoms with Crippen molar-refractivity contribution in [1.29, 1.82) is 5.26 Å². The summed E-state index contributed by atoms with van der Waals surface area (Å²) >= 11 is 0. The van der Waals surface area contributed by atoms with Gasteiger partial charge in [0.15, 0.2) is 0 Å².